The van der Waals surface area contributed by atoms with Crippen molar-refractivity contribution in [3.63, 3.8) is 0 Å². The van der Waals surface area contributed by atoms with Gasteiger partial charge in [0.25, 0.3) is 5.91 Å². The molecule has 5 N–H and O–H groups in total. The third-order valence-electron chi connectivity index (χ3n) is 7.24. The molecule has 2 aromatic rings. The summed E-state index contributed by atoms with van der Waals surface area (Å²) >= 11 is 0. The van der Waals surface area contributed by atoms with Gasteiger partial charge in [0, 0.05) is 18.8 Å². The summed E-state index contributed by atoms with van der Waals surface area (Å²) in [5.41, 5.74) is 6.18. The molecule has 2 aromatic carbocycles. The predicted molar refractivity (Wildman–Crippen MR) is 146 cm³/mol. The van der Waals surface area contributed by atoms with E-state index in [1.54, 1.807) is 42.5 Å². The number of benzene rings is 2. The first-order valence-electron chi connectivity index (χ1n) is 13.3. The maximum atomic E-state index is 12.5. The van der Waals surface area contributed by atoms with E-state index in [0.717, 1.165) is 31.6 Å². The van der Waals surface area contributed by atoms with E-state index in [1.807, 2.05) is 6.07 Å². The van der Waals surface area contributed by atoms with Crippen LogP contribution < -0.4 is 20.7 Å². The number of hydrogen-bond acceptors (Lipinski definition) is 7. The van der Waals surface area contributed by atoms with Gasteiger partial charge >= 0.3 is 18.1 Å². The number of halogens is 3. The number of ether oxygens (including phenoxy) is 1. The number of carbonyl (C=O) groups is 4. The Hall–Kier alpha value is -4.33. The lowest BCUT2D eigenvalue weighted by Crippen LogP contribution is -2.63. The number of nitrogens with zero attached hydrogens (tertiary/aromatic N) is 2. The van der Waals surface area contributed by atoms with E-state index in [9.17, 15) is 32.7 Å². The number of likely N-dealkylation sites (tertiary alicyclic amines) is 1. The molecule has 0 unspecified atom stereocenters. The summed E-state index contributed by atoms with van der Waals surface area (Å²) in [7, 11) is 0. The average molecular weight is 595 g/mol. The molecule has 228 valence electrons. The van der Waals surface area contributed by atoms with Crippen LogP contribution in [-0.2, 0) is 14.4 Å². The zero-order chi connectivity index (χ0) is 30.9. The number of anilines is 2. The van der Waals surface area contributed by atoms with Crippen LogP contribution in [-0.4, -0.2) is 83.4 Å². The number of para-hydroxylation sites is 1. The summed E-state index contributed by atoms with van der Waals surface area (Å²) in [6.45, 7) is 2.72. The van der Waals surface area contributed by atoms with Gasteiger partial charge in [-0.3, -0.25) is 14.5 Å². The molecule has 0 radical (unpaired) electrons. The minimum absolute atomic E-state index is 0.00155. The number of carboxylic acids is 2. The molecule has 2 aliphatic rings. The number of piperidine rings is 2. The van der Waals surface area contributed by atoms with Crippen molar-refractivity contribution < 1.29 is 47.3 Å². The number of amides is 2. The number of hydrogen-bond donors (Lipinski definition) is 4. The second kappa shape index (κ2) is 14.0. The van der Waals surface area contributed by atoms with Gasteiger partial charge in [-0.2, -0.15) is 13.2 Å². The van der Waals surface area contributed by atoms with Crippen molar-refractivity contribution in [1.82, 2.24) is 4.90 Å². The fourth-order valence-electron chi connectivity index (χ4n) is 5.04. The topological polar surface area (TPSA) is 163 Å². The third-order valence-corrected chi connectivity index (χ3v) is 7.24. The zero-order valence-electron chi connectivity index (χ0n) is 22.7. The molecule has 2 fully saturated rings. The van der Waals surface area contributed by atoms with Crippen molar-refractivity contribution >= 4 is 35.1 Å². The largest absolute Gasteiger partial charge is 0.490 e. The number of aromatic carboxylic acids is 1. The number of carbonyl (C=O) groups excluding carboxylic acids is 2. The number of alkyl halides is 3. The molecule has 0 spiro atoms. The Bertz CT molecular complexity index is 1260. The van der Waals surface area contributed by atoms with E-state index in [4.69, 9.17) is 20.4 Å². The van der Waals surface area contributed by atoms with Crippen molar-refractivity contribution in [3.8, 4) is 5.75 Å². The molecule has 0 atom stereocenters. The highest BCUT2D eigenvalue weighted by Crippen LogP contribution is 2.34. The Kier molecular flexibility index (Phi) is 10.8. The molecule has 2 heterocycles. The highest BCUT2D eigenvalue weighted by molar-refractivity contribution is 6.01. The smallest absolute Gasteiger partial charge is 0.484 e. The molecule has 0 aromatic heterocycles. The molecule has 2 saturated heterocycles. The second-order valence-electron chi connectivity index (χ2n) is 9.92. The molecule has 11 nitrogen and oxygen atoms in total. The van der Waals surface area contributed by atoms with Gasteiger partial charge < -0.3 is 30.9 Å². The lowest BCUT2D eigenvalue weighted by molar-refractivity contribution is -0.192. The third kappa shape index (κ3) is 8.35. The highest BCUT2D eigenvalue weighted by Gasteiger charge is 2.45. The molecule has 42 heavy (non-hydrogen) atoms. The molecule has 2 amide bonds. The second-order valence-corrected chi connectivity index (χ2v) is 9.92. The molecular weight excluding hydrogens is 561 g/mol. The number of primary amides is 1. The highest BCUT2D eigenvalue weighted by atomic mass is 19.4. The van der Waals surface area contributed by atoms with Crippen molar-refractivity contribution in [2.75, 3.05) is 43.0 Å². The first kappa shape index (κ1) is 32.2. The number of rotatable bonds is 8. The molecule has 0 bridgehead atoms. The lowest BCUT2D eigenvalue weighted by Gasteiger charge is -2.48. The monoisotopic (exact) mass is 594 g/mol. The molecule has 2 aliphatic heterocycles. The standard InChI is InChI=1S/C26H32N4O5.C2HF3O2/c27-25(34)26(30-13-5-2-6-14-30)11-15-29(16-12-26)19-9-10-22(21(17-19)24(32)33)28-23(31)18-35-20-7-3-1-4-8-20;3-2(4,5)1(6)7/h1,3-4,7-10,17H,2,5-6,11-16,18H2,(H2,27,34)(H,28,31)(H,32,33);(H,6,7). The van der Waals surface area contributed by atoms with Crippen LogP contribution in [0.3, 0.4) is 0 Å². The number of nitrogens with one attached hydrogen (secondary N) is 1. The fraction of sp³-hybridized carbons (Fsp3) is 0.429. The molecule has 0 aliphatic carbocycles. The Morgan fingerprint density at radius 1 is 0.929 bits per heavy atom. The quantitative estimate of drug-likeness (QED) is 0.359. The van der Waals surface area contributed by atoms with Gasteiger partial charge in [-0.05, 0) is 69.1 Å². The Morgan fingerprint density at radius 3 is 2.05 bits per heavy atom. The van der Waals surface area contributed by atoms with E-state index in [1.165, 1.54) is 6.42 Å². The van der Waals surface area contributed by atoms with Crippen LogP contribution in [0.25, 0.3) is 0 Å². The van der Waals surface area contributed by atoms with Gasteiger partial charge in [-0.1, -0.05) is 24.6 Å². The summed E-state index contributed by atoms with van der Waals surface area (Å²) in [5, 5.41) is 19.5. The van der Waals surface area contributed by atoms with Crippen molar-refractivity contribution in [3.05, 3.63) is 54.1 Å². The van der Waals surface area contributed by atoms with E-state index < -0.39 is 29.6 Å². The minimum Gasteiger partial charge on any atom is -0.484 e. The zero-order valence-corrected chi connectivity index (χ0v) is 22.7. The van der Waals surface area contributed by atoms with Gasteiger partial charge in [-0.15, -0.1) is 0 Å². The van der Waals surface area contributed by atoms with Crippen LogP contribution >= 0.6 is 0 Å². The van der Waals surface area contributed by atoms with E-state index in [2.05, 4.69) is 15.1 Å². The number of aliphatic carboxylic acids is 1. The Morgan fingerprint density at radius 2 is 1.52 bits per heavy atom. The summed E-state index contributed by atoms with van der Waals surface area (Å²) in [6, 6.07) is 13.9. The summed E-state index contributed by atoms with van der Waals surface area (Å²) in [5.74, 6) is -4.07. The first-order chi connectivity index (χ1) is 19.8. The van der Waals surface area contributed by atoms with Crippen LogP contribution in [0.2, 0.25) is 0 Å². The summed E-state index contributed by atoms with van der Waals surface area (Å²) < 4.78 is 37.2. The van der Waals surface area contributed by atoms with Crippen LogP contribution in [0.15, 0.2) is 48.5 Å². The normalized spacial score (nSPS) is 16.9. The van der Waals surface area contributed by atoms with Crippen molar-refractivity contribution in [2.24, 2.45) is 5.73 Å². The van der Waals surface area contributed by atoms with Gasteiger partial charge in [-0.25, -0.2) is 9.59 Å². The lowest BCUT2D eigenvalue weighted by atomic mass is 9.83. The van der Waals surface area contributed by atoms with Crippen LogP contribution in [0.4, 0.5) is 24.5 Å². The fourth-order valence-corrected chi connectivity index (χ4v) is 5.04. The Balaban J connectivity index is 0.000000616. The van der Waals surface area contributed by atoms with E-state index in [-0.39, 0.29) is 23.8 Å². The van der Waals surface area contributed by atoms with Gasteiger partial charge in [0.2, 0.25) is 5.91 Å². The first-order valence-corrected chi connectivity index (χ1v) is 13.3. The van der Waals surface area contributed by atoms with Crippen molar-refractivity contribution in [2.45, 2.75) is 43.8 Å². The predicted octanol–water partition coefficient (Wildman–Crippen LogP) is 3.35. The maximum absolute atomic E-state index is 12.5. The van der Waals surface area contributed by atoms with Crippen molar-refractivity contribution in [1.29, 1.82) is 0 Å². The minimum atomic E-state index is -5.08. The van der Waals surface area contributed by atoms with Crippen LogP contribution in [0.1, 0.15) is 42.5 Å². The van der Waals surface area contributed by atoms with E-state index >= 15 is 0 Å². The number of carboxylic acid groups (broad SMARTS) is 2. The number of nitrogens with two attached hydrogens (primary N) is 1. The SMILES string of the molecule is NC(=O)C1(N2CCCCC2)CCN(c2ccc(NC(=O)COc3ccccc3)c(C(=O)O)c2)CC1.O=C(O)C(F)(F)F. The summed E-state index contributed by atoms with van der Waals surface area (Å²) in [4.78, 5) is 50.0. The maximum Gasteiger partial charge on any atom is 0.490 e. The van der Waals surface area contributed by atoms with Crippen LogP contribution in [0, 0.1) is 0 Å². The molecule has 0 saturated carbocycles. The van der Waals surface area contributed by atoms with Gasteiger partial charge in [0.05, 0.1) is 11.3 Å². The molecule has 4 rings (SSSR count). The molecule has 14 heteroatoms. The van der Waals surface area contributed by atoms with Gasteiger partial charge in [0.1, 0.15) is 11.3 Å². The summed E-state index contributed by atoms with van der Waals surface area (Å²) in [6.07, 6.45) is -0.564. The van der Waals surface area contributed by atoms with Gasteiger partial charge in [0.15, 0.2) is 6.61 Å². The van der Waals surface area contributed by atoms with E-state index in [0.29, 0.717) is 31.7 Å². The average Bonchev–Trinajstić information content (AvgIpc) is 2.97. The molecular formula is C28H33F3N4O7. The van der Waals surface area contributed by atoms with Crippen LogP contribution in [0.5, 0.6) is 5.75 Å². The Labute approximate surface area is 240 Å².